The highest BCUT2D eigenvalue weighted by Gasteiger charge is 2.22. The van der Waals surface area contributed by atoms with Crippen LogP contribution in [-0.2, 0) is 11.2 Å². The second-order valence-electron chi connectivity index (χ2n) is 7.69. The van der Waals surface area contributed by atoms with Gasteiger partial charge in [0, 0.05) is 43.6 Å². The van der Waals surface area contributed by atoms with Gasteiger partial charge in [0.25, 0.3) is 0 Å². The van der Waals surface area contributed by atoms with Crippen molar-refractivity contribution in [2.75, 3.05) is 49.5 Å². The highest BCUT2D eigenvalue weighted by Crippen LogP contribution is 2.29. The minimum Gasteiger partial charge on any atom is -0.493 e. The number of nitrogens with zero attached hydrogens (tertiary/aromatic N) is 2. The number of carbonyl (C=O) groups excluding carboxylic acids is 1. The number of hydrogen-bond acceptors (Lipinski definition) is 6. The van der Waals surface area contributed by atoms with Crippen LogP contribution in [0.15, 0.2) is 45.6 Å². The number of aromatic nitrogens is 1. The zero-order valence-corrected chi connectivity index (χ0v) is 16.6. The number of hydrogen-bond donors (Lipinski definition) is 2. The van der Waals surface area contributed by atoms with Gasteiger partial charge >= 0.3 is 5.76 Å². The van der Waals surface area contributed by atoms with Crippen molar-refractivity contribution in [3.8, 4) is 5.75 Å². The Kier molecular flexibility index (Phi) is 4.82. The monoisotopic (exact) mass is 408 g/mol. The molecule has 2 aliphatic rings. The van der Waals surface area contributed by atoms with E-state index in [4.69, 9.17) is 9.15 Å². The summed E-state index contributed by atoms with van der Waals surface area (Å²) in [6, 6.07) is 11.7. The summed E-state index contributed by atoms with van der Waals surface area (Å²) < 4.78 is 10.8. The second-order valence-corrected chi connectivity index (χ2v) is 7.69. The van der Waals surface area contributed by atoms with Gasteiger partial charge in [0.15, 0.2) is 5.58 Å². The van der Waals surface area contributed by atoms with Crippen molar-refractivity contribution < 1.29 is 13.9 Å². The first-order valence-corrected chi connectivity index (χ1v) is 10.3. The summed E-state index contributed by atoms with van der Waals surface area (Å²) >= 11 is 0. The molecule has 0 atom stereocenters. The largest absolute Gasteiger partial charge is 0.493 e. The van der Waals surface area contributed by atoms with E-state index in [1.807, 2.05) is 11.0 Å². The summed E-state index contributed by atoms with van der Waals surface area (Å²) in [5, 5.41) is 3.13. The van der Waals surface area contributed by atoms with E-state index in [2.05, 4.69) is 33.4 Å². The lowest BCUT2D eigenvalue weighted by Crippen LogP contribution is -2.50. The van der Waals surface area contributed by atoms with Gasteiger partial charge in [-0.2, -0.15) is 0 Å². The minimum absolute atomic E-state index is 0.0594. The number of ether oxygens (including phenoxy) is 1. The molecule has 5 rings (SSSR count). The number of nitrogens with one attached hydrogen (secondary N) is 2. The predicted octanol–water partition coefficient (Wildman–Crippen LogP) is 2.21. The summed E-state index contributed by atoms with van der Waals surface area (Å²) in [4.78, 5) is 30.7. The molecule has 0 unspecified atom stereocenters. The smallest absolute Gasteiger partial charge is 0.417 e. The van der Waals surface area contributed by atoms with Crippen LogP contribution < -0.4 is 20.7 Å². The van der Waals surface area contributed by atoms with Gasteiger partial charge in [-0.25, -0.2) is 4.79 Å². The molecule has 1 amide bonds. The van der Waals surface area contributed by atoms with Crippen LogP contribution in [0.25, 0.3) is 11.1 Å². The van der Waals surface area contributed by atoms with Gasteiger partial charge in [0.2, 0.25) is 5.91 Å². The SMILES string of the molecule is O=C(CNc1ccc2[nH]c(=O)oc2c1)N1CCN(c2ccc3c(c2)CCCO3)CC1. The number of rotatable bonds is 4. The van der Waals surface area contributed by atoms with Crippen LogP contribution in [0, 0.1) is 0 Å². The van der Waals surface area contributed by atoms with Crippen molar-refractivity contribution in [3.63, 3.8) is 0 Å². The fraction of sp³-hybridized carbons (Fsp3) is 0.364. The molecule has 2 aromatic carbocycles. The van der Waals surface area contributed by atoms with Crippen molar-refractivity contribution in [2.45, 2.75) is 12.8 Å². The summed E-state index contributed by atoms with van der Waals surface area (Å²) in [6.07, 6.45) is 2.13. The van der Waals surface area contributed by atoms with Crippen molar-refractivity contribution >= 4 is 28.4 Å². The molecule has 8 heteroatoms. The molecule has 0 aliphatic carbocycles. The molecule has 8 nitrogen and oxygen atoms in total. The lowest BCUT2D eigenvalue weighted by Gasteiger charge is -2.36. The fourth-order valence-corrected chi connectivity index (χ4v) is 4.10. The third-order valence-corrected chi connectivity index (χ3v) is 5.75. The molecule has 2 N–H and O–H groups in total. The van der Waals surface area contributed by atoms with E-state index in [9.17, 15) is 9.59 Å². The zero-order chi connectivity index (χ0) is 20.5. The average Bonchev–Trinajstić information content (AvgIpc) is 3.16. The van der Waals surface area contributed by atoms with Gasteiger partial charge in [-0.05, 0) is 48.7 Å². The fourth-order valence-electron chi connectivity index (χ4n) is 4.10. The van der Waals surface area contributed by atoms with Crippen LogP contribution in [0.3, 0.4) is 0 Å². The van der Waals surface area contributed by atoms with E-state index < -0.39 is 5.76 Å². The van der Waals surface area contributed by atoms with Crippen LogP contribution >= 0.6 is 0 Å². The quantitative estimate of drug-likeness (QED) is 0.688. The molecule has 30 heavy (non-hydrogen) atoms. The number of amides is 1. The highest BCUT2D eigenvalue weighted by atomic mass is 16.5. The lowest BCUT2D eigenvalue weighted by atomic mass is 10.0. The Morgan fingerprint density at radius 1 is 1.10 bits per heavy atom. The van der Waals surface area contributed by atoms with E-state index in [1.165, 1.54) is 11.3 Å². The summed E-state index contributed by atoms with van der Waals surface area (Å²) in [6.45, 7) is 4.02. The molecule has 156 valence electrons. The predicted molar refractivity (Wildman–Crippen MR) is 114 cm³/mol. The maximum Gasteiger partial charge on any atom is 0.417 e. The second kappa shape index (κ2) is 7.78. The number of oxazole rings is 1. The van der Waals surface area contributed by atoms with E-state index >= 15 is 0 Å². The number of piperazine rings is 1. The summed E-state index contributed by atoms with van der Waals surface area (Å²) in [5.74, 6) is 0.577. The number of aryl methyl sites for hydroxylation is 1. The Bertz CT molecular complexity index is 1130. The van der Waals surface area contributed by atoms with E-state index in [1.54, 1.807) is 12.1 Å². The summed E-state index contributed by atoms with van der Waals surface area (Å²) in [7, 11) is 0. The van der Waals surface area contributed by atoms with Gasteiger partial charge in [-0.15, -0.1) is 0 Å². The molecular weight excluding hydrogens is 384 g/mol. The number of H-pyrrole nitrogens is 1. The molecule has 0 radical (unpaired) electrons. The Balaban J connectivity index is 1.16. The third kappa shape index (κ3) is 3.72. The molecule has 0 spiro atoms. The van der Waals surface area contributed by atoms with Crippen LogP contribution in [0.5, 0.6) is 5.75 Å². The Morgan fingerprint density at radius 2 is 1.97 bits per heavy atom. The molecule has 0 saturated carbocycles. The molecule has 1 saturated heterocycles. The first-order chi connectivity index (χ1) is 14.7. The standard InChI is InChI=1S/C22H24N4O4/c27-21(14-23-16-3-5-18-20(13-16)30-22(28)24-18)26-9-7-25(8-10-26)17-4-6-19-15(12-17)2-1-11-29-19/h3-6,12-13,23H,1-2,7-11,14H2,(H,24,28). The molecule has 1 fully saturated rings. The van der Waals surface area contributed by atoms with Crippen LogP contribution in [0.2, 0.25) is 0 Å². The van der Waals surface area contributed by atoms with E-state index in [0.29, 0.717) is 24.2 Å². The number of anilines is 2. The maximum absolute atomic E-state index is 12.6. The van der Waals surface area contributed by atoms with Crippen LogP contribution in [0.4, 0.5) is 11.4 Å². The Morgan fingerprint density at radius 3 is 2.83 bits per heavy atom. The van der Waals surface area contributed by atoms with Crippen molar-refractivity contribution in [2.24, 2.45) is 0 Å². The van der Waals surface area contributed by atoms with Gasteiger partial charge in [-0.1, -0.05) is 0 Å². The van der Waals surface area contributed by atoms with Crippen molar-refractivity contribution in [3.05, 3.63) is 52.5 Å². The number of aromatic amines is 1. The molecular formula is C22H24N4O4. The number of benzene rings is 2. The zero-order valence-electron chi connectivity index (χ0n) is 16.6. The van der Waals surface area contributed by atoms with Crippen LogP contribution in [0.1, 0.15) is 12.0 Å². The maximum atomic E-state index is 12.6. The lowest BCUT2D eigenvalue weighted by molar-refractivity contribution is -0.129. The van der Waals surface area contributed by atoms with E-state index in [-0.39, 0.29) is 12.5 Å². The van der Waals surface area contributed by atoms with Crippen molar-refractivity contribution in [1.82, 2.24) is 9.88 Å². The highest BCUT2D eigenvalue weighted by molar-refractivity contribution is 5.83. The van der Waals surface area contributed by atoms with Gasteiger partial charge < -0.3 is 24.3 Å². The topological polar surface area (TPSA) is 90.8 Å². The molecule has 1 aromatic heterocycles. The normalized spacial score (nSPS) is 16.3. The molecule has 2 aliphatic heterocycles. The number of fused-ring (bicyclic) bond motifs is 2. The van der Waals surface area contributed by atoms with Crippen LogP contribution in [-0.4, -0.2) is 55.1 Å². The molecule has 0 bridgehead atoms. The molecule has 3 aromatic rings. The third-order valence-electron chi connectivity index (χ3n) is 5.75. The average molecular weight is 408 g/mol. The minimum atomic E-state index is -0.484. The van der Waals surface area contributed by atoms with Crippen molar-refractivity contribution in [1.29, 1.82) is 0 Å². The Hall–Kier alpha value is -3.42. The van der Waals surface area contributed by atoms with Gasteiger partial charge in [-0.3, -0.25) is 9.78 Å². The van der Waals surface area contributed by atoms with E-state index in [0.717, 1.165) is 44.0 Å². The Labute approximate surface area is 173 Å². The van der Waals surface area contributed by atoms with Gasteiger partial charge in [0.1, 0.15) is 5.75 Å². The number of carbonyl (C=O) groups is 1. The van der Waals surface area contributed by atoms with Gasteiger partial charge in [0.05, 0.1) is 18.7 Å². The molecule has 3 heterocycles. The first-order valence-electron chi connectivity index (χ1n) is 10.3. The summed E-state index contributed by atoms with van der Waals surface area (Å²) in [5.41, 5.74) is 4.33. The first kappa shape index (κ1) is 18.6.